The molecule has 0 spiro atoms. The van der Waals surface area contributed by atoms with E-state index in [1.165, 1.54) is 5.56 Å². The Balaban J connectivity index is 1.60. The summed E-state index contributed by atoms with van der Waals surface area (Å²) in [5.41, 5.74) is 1.95. The fourth-order valence-electron chi connectivity index (χ4n) is 2.86. The predicted molar refractivity (Wildman–Crippen MR) is 83.5 cm³/mol. The van der Waals surface area contributed by atoms with Crippen LogP contribution in [0.4, 0.5) is 0 Å². The first kappa shape index (κ1) is 14.8. The van der Waals surface area contributed by atoms with Crippen LogP contribution in [0, 0.1) is 6.92 Å². The highest BCUT2D eigenvalue weighted by atomic mass is 16.3. The van der Waals surface area contributed by atoms with Crippen molar-refractivity contribution in [2.24, 2.45) is 0 Å². The van der Waals surface area contributed by atoms with Gasteiger partial charge in [-0.2, -0.15) is 0 Å². The Morgan fingerprint density at radius 2 is 2.00 bits per heavy atom. The van der Waals surface area contributed by atoms with Gasteiger partial charge in [-0.05, 0) is 37.1 Å². The molecule has 0 aromatic carbocycles. The van der Waals surface area contributed by atoms with Crippen LogP contribution in [0.2, 0.25) is 0 Å². The summed E-state index contributed by atoms with van der Waals surface area (Å²) in [6.45, 7) is 6.21. The van der Waals surface area contributed by atoms with Gasteiger partial charge in [-0.15, -0.1) is 0 Å². The minimum atomic E-state index is 0.0806. The first-order chi connectivity index (χ1) is 10.7. The van der Waals surface area contributed by atoms with Gasteiger partial charge in [0.1, 0.15) is 5.76 Å². The van der Waals surface area contributed by atoms with Gasteiger partial charge in [-0.25, -0.2) is 0 Å². The second-order valence-electron chi connectivity index (χ2n) is 5.67. The molecule has 0 N–H and O–H groups in total. The Hall–Kier alpha value is -2.14. The van der Waals surface area contributed by atoms with Gasteiger partial charge in [0.25, 0.3) is 5.91 Å². The highest BCUT2D eigenvalue weighted by molar-refractivity contribution is 5.95. The van der Waals surface area contributed by atoms with Crippen LogP contribution in [0.1, 0.15) is 28.1 Å². The molecule has 2 aromatic rings. The summed E-state index contributed by atoms with van der Waals surface area (Å²) in [5.74, 6) is 0.778. The van der Waals surface area contributed by atoms with Gasteiger partial charge in [-0.1, -0.05) is 0 Å². The zero-order valence-electron chi connectivity index (χ0n) is 12.9. The van der Waals surface area contributed by atoms with Crippen LogP contribution in [0.15, 0.2) is 41.3 Å². The van der Waals surface area contributed by atoms with Crippen LogP contribution in [-0.2, 0) is 6.54 Å². The second-order valence-corrected chi connectivity index (χ2v) is 5.67. The number of rotatable bonds is 3. The van der Waals surface area contributed by atoms with E-state index in [-0.39, 0.29) is 5.91 Å². The van der Waals surface area contributed by atoms with Crippen LogP contribution < -0.4 is 0 Å². The topological polar surface area (TPSA) is 49.6 Å². The Kier molecular flexibility index (Phi) is 4.53. The number of carbonyl (C=O) groups excluding carboxylic acids is 1. The first-order valence-corrected chi connectivity index (χ1v) is 7.68. The molecule has 0 unspecified atom stereocenters. The van der Waals surface area contributed by atoms with Crippen molar-refractivity contribution in [3.63, 3.8) is 0 Å². The van der Waals surface area contributed by atoms with Crippen molar-refractivity contribution >= 4 is 5.91 Å². The average molecular weight is 299 g/mol. The molecule has 1 aliphatic rings. The molecule has 3 heterocycles. The first-order valence-electron chi connectivity index (χ1n) is 7.68. The van der Waals surface area contributed by atoms with Gasteiger partial charge in [0.2, 0.25) is 0 Å². The number of furan rings is 1. The molecule has 0 saturated carbocycles. The second kappa shape index (κ2) is 6.75. The van der Waals surface area contributed by atoms with E-state index in [0.717, 1.165) is 39.1 Å². The van der Waals surface area contributed by atoms with E-state index in [1.54, 1.807) is 12.3 Å². The summed E-state index contributed by atoms with van der Waals surface area (Å²) in [6, 6.07) is 5.85. The molecule has 1 amide bonds. The highest BCUT2D eigenvalue weighted by Gasteiger charge is 2.22. The van der Waals surface area contributed by atoms with E-state index in [1.807, 2.05) is 36.4 Å². The molecule has 116 valence electrons. The Bertz CT molecular complexity index is 624. The van der Waals surface area contributed by atoms with Crippen molar-refractivity contribution in [1.82, 2.24) is 14.8 Å². The van der Waals surface area contributed by atoms with Crippen molar-refractivity contribution in [3.05, 3.63) is 53.7 Å². The molecule has 1 saturated heterocycles. The summed E-state index contributed by atoms with van der Waals surface area (Å²) >= 11 is 0. The molecule has 0 radical (unpaired) electrons. The molecule has 3 rings (SSSR count). The zero-order valence-corrected chi connectivity index (χ0v) is 12.9. The minimum Gasteiger partial charge on any atom is -0.469 e. The number of aromatic nitrogens is 1. The fourth-order valence-corrected chi connectivity index (χ4v) is 2.86. The van der Waals surface area contributed by atoms with Crippen molar-refractivity contribution in [2.75, 3.05) is 26.2 Å². The largest absolute Gasteiger partial charge is 0.469 e. The SMILES string of the molecule is Cc1occc1C(=O)N1CCCN(Cc2ccncc2)CC1. The third-order valence-electron chi connectivity index (χ3n) is 4.12. The third kappa shape index (κ3) is 3.36. The summed E-state index contributed by atoms with van der Waals surface area (Å²) in [5, 5.41) is 0. The van der Waals surface area contributed by atoms with E-state index in [0.29, 0.717) is 11.3 Å². The van der Waals surface area contributed by atoms with Gasteiger partial charge in [-0.3, -0.25) is 14.7 Å². The molecule has 2 aromatic heterocycles. The molecule has 22 heavy (non-hydrogen) atoms. The summed E-state index contributed by atoms with van der Waals surface area (Å²) < 4.78 is 5.24. The third-order valence-corrected chi connectivity index (χ3v) is 4.12. The van der Waals surface area contributed by atoms with Crippen molar-refractivity contribution < 1.29 is 9.21 Å². The maximum Gasteiger partial charge on any atom is 0.257 e. The Morgan fingerprint density at radius 1 is 1.18 bits per heavy atom. The molecule has 1 fully saturated rings. The summed E-state index contributed by atoms with van der Waals surface area (Å²) in [4.78, 5) is 20.9. The number of carbonyl (C=O) groups is 1. The van der Waals surface area contributed by atoms with Crippen molar-refractivity contribution in [2.45, 2.75) is 19.9 Å². The maximum absolute atomic E-state index is 12.5. The van der Waals surface area contributed by atoms with Crippen LogP contribution >= 0.6 is 0 Å². The van der Waals surface area contributed by atoms with Gasteiger partial charge in [0, 0.05) is 45.1 Å². The zero-order chi connectivity index (χ0) is 15.4. The van der Waals surface area contributed by atoms with E-state index in [2.05, 4.69) is 9.88 Å². The number of pyridine rings is 1. The van der Waals surface area contributed by atoms with E-state index < -0.39 is 0 Å². The molecule has 0 aliphatic carbocycles. The number of nitrogens with zero attached hydrogens (tertiary/aromatic N) is 3. The molecule has 0 atom stereocenters. The molecule has 0 bridgehead atoms. The molecule has 5 nitrogen and oxygen atoms in total. The highest BCUT2D eigenvalue weighted by Crippen LogP contribution is 2.15. The van der Waals surface area contributed by atoms with Crippen LogP contribution in [0.3, 0.4) is 0 Å². The van der Waals surface area contributed by atoms with Crippen molar-refractivity contribution in [1.29, 1.82) is 0 Å². The molecular formula is C17H21N3O2. The lowest BCUT2D eigenvalue weighted by molar-refractivity contribution is 0.0759. The van der Waals surface area contributed by atoms with E-state index >= 15 is 0 Å². The summed E-state index contributed by atoms with van der Waals surface area (Å²) in [7, 11) is 0. The van der Waals surface area contributed by atoms with E-state index in [9.17, 15) is 4.79 Å². The van der Waals surface area contributed by atoms with Gasteiger partial charge in [0.05, 0.1) is 11.8 Å². The normalized spacial score (nSPS) is 16.5. The predicted octanol–water partition coefficient (Wildman–Crippen LogP) is 2.33. The maximum atomic E-state index is 12.5. The Labute approximate surface area is 130 Å². The number of amides is 1. The monoisotopic (exact) mass is 299 g/mol. The lowest BCUT2D eigenvalue weighted by atomic mass is 10.2. The molecule has 5 heteroatoms. The number of hydrogen-bond donors (Lipinski definition) is 0. The van der Waals surface area contributed by atoms with Gasteiger partial charge in [0.15, 0.2) is 0 Å². The Morgan fingerprint density at radius 3 is 2.73 bits per heavy atom. The smallest absolute Gasteiger partial charge is 0.257 e. The number of aryl methyl sites for hydroxylation is 1. The van der Waals surface area contributed by atoms with Crippen molar-refractivity contribution in [3.8, 4) is 0 Å². The lowest BCUT2D eigenvalue weighted by Gasteiger charge is -2.22. The van der Waals surface area contributed by atoms with Crippen LogP contribution in [-0.4, -0.2) is 46.9 Å². The molecule has 1 aliphatic heterocycles. The standard InChI is InChI=1S/C17H21N3O2/c1-14-16(5-12-22-14)17(21)20-9-2-8-19(10-11-20)13-15-3-6-18-7-4-15/h3-7,12H,2,8-11,13H2,1H3. The van der Waals surface area contributed by atoms with Crippen LogP contribution in [0.5, 0.6) is 0 Å². The number of hydrogen-bond acceptors (Lipinski definition) is 4. The lowest BCUT2D eigenvalue weighted by Crippen LogP contribution is -2.35. The van der Waals surface area contributed by atoms with Gasteiger partial charge >= 0.3 is 0 Å². The average Bonchev–Trinajstić information content (AvgIpc) is 2.82. The van der Waals surface area contributed by atoms with Gasteiger partial charge < -0.3 is 9.32 Å². The molecular weight excluding hydrogens is 278 g/mol. The minimum absolute atomic E-state index is 0.0806. The summed E-state index contributed by atoms with van der Waals surface area (Å²) in [6.07, 6.45) is 6.22. The van der Waals surface area contributed by atoms with E-state index in [4.69, 9.17) is 4.42 Å². The fraction of sp³-hybridized carbons (Fsp3) is 0.412. The quantitative estimate of drug-likeness (QED) is 0.873. The van der Waals surface area contributed by atoms with Crippen LogP contribution in [0.25, 0.3) is 0 Å².